The highest BCUT2D eigenvalue weighted by Crippen LogP contribution is 2.66. The number of hydrogen-bond donors (Lipinski definition) is 3. The maximum atomic E-state index is 13.0. The van der Waals surface area contributed by atoms with Crippen LogP contribution in [0.5, 0.6) is 0 Å². The highest BCUT2D eigenvalue weighted by atomic mass is 16.5. The van der Waals surface area contributed by atoms with Crippen LogP contribution < -0.4 is 0 Å². The van der Waals surface area contributed by atoms with Gasteiger partial charge in [0.25, 0.3) is 0 Å². The molecule has 0 spiro atoms. The van der Waals surface area contributed by atoms with Crippen LogP contribution >= 0.6 is 0 Å². The van der Waals surface area contributed by atoms with E-state index in [4.69, 9.17) is 4.74 Å². The molecule has 0 amide bonds. The van der Waals surface area contributed by atoms with Gasteiger partial charge in [-0.3, -0.25) is 9.59 Å². The number of hydrogen-bond acceptors (Lipinski definition) is 6. The van der Waals surface area contributed by atoms with Crippen molar-refractivity contribution >= 4 is 11.8 Å². The van der Waals surface area contributed by atoms with Gasteiger partial charge in [-0.15, -0.1) is 0 Å². The van der Waals surface area contributed by atoms with Gasteiger partial charge in [0.1, 0.15) is 6.10 Å². The van der Waals surface area contributed by atoms with Crippen molar-refractivity contribution in [3.63, 3.8) is 0 Å². The average molecular weight is 479 g/mol. The van der Waals surface area contributed by atoms with Crippen molar-refractivity contribution in [2.24, 2.45) is 58.2 Å². The Kier molecular flexibility index (Phi) is 7.02. The largest absolute Gasteiger partial charge is 0.465 e. The van der Waals surface area contributed by atoms with E-state index in [-0.39, 0.29) is 70.4 Å². The third-order valence-corrected chi connectivity index (χ3v) is 11.3. The number of aliphatic hydroxyl groups excluding tert-OH is 3. The van der Waals surface area contributed by atoms with Gasteiger partial charge in [-0.2, -0.15) is 0 Å². The third kappa shape index (κ3) is 3.96. The lowest BCUT2D eigenvalue weighted by Gasteiger charge is -2.56. The zero-order valence-corrected chi connectivity index (χ0v) is 21.9. The molecule has 4 fully saturated rings. The monoisotopic (exact) mass is 478 g/mol. The van der Waals surface area contributed by atoms with Gasteiger partial charge in [-0.25, -0.2) is 0 Å². The smallest absolute Gasteiger partial charge is 0.309 e. The molecule has 0 aromatic heterocycles. The molecular weight excluding hydrogens is 432 g/mol. The fourth-order valence-corrected chi connectivity index (χ4v) is 8.77. The van der Waals surface area contributed by atoms with Crippen molar-refractivity contribution in [2.75, 3.05) is 6.61 Å². The van der Waals surface area contributed by atoms with Gasteiger partial charge < -0.3 is 20.1 Å². The summed E-state index contributed by atoms with van der Waals surface area (Å²) in [7, 11) is 0. The van der Waals surface area contributed by atoms with Crippen LogP contribution in [0.3, 0.4) is 0 Å². The predicted molar refractivity (Wildman–Crippen MR) is 129 cm³/mol. The molecule has 0 radical (unpaired) electrons. The molecule has 3 aliphatic carbocycles. The molecule has 4 aliphatic rings. The molecule has 4 rings (SSSR count). The van der Waals surface area contributed by atoms with E-state index in [9.17, 15) is 24.9 Å². The van der Waals surface area contributed by atoms with E-state index in [1.807, 2.05) is 27.7 Å². The number of ketones is 1. The number of aliphatic hydroxyl groups is 3. The number of rotatable bonds is 5. The van der Waals surface area contributed by atoms with Crippen LogP contribution in [0, 0.1) is 58.2 Å². The SMILES string of the molecule is CC(C)[C@H](C)C(=O)[C@H](O)[C@@H](C)[C@H]1CC[C@H]2[C@@H]3COC(=O)[C@H]4C[C@H](O)[C@H](O)C[C@]4(C)[C@H]3CC[C@]12C. The van der Waals surface area contributed by atoms with Gasteiger partial charge in [-0.05, 0) is 84.9 Å². The van der Waals surface area contributed by atoms with E-state index < -0.39 is 18.3 Å². The van der Waals surface area contributed by atoms with E-state index in [2.05, 4.69) is 13.8 Å². The van der Waals surface area contributed by atoms with Gasteiger partial charge in [0.05, 0.1) is 24.7 Å². The Morgan fingerprint density at radius 1 is 1.00 bits per heavy atom. The van der Waals surface area contributed by atoms with Crippen LogP contribution in [-0.4, -0.2) is 52.0 Å². The second-order valence-corrected chi connectivity index (χ2v) is 13.1. The number of esters is 1. The number of carbonyl (C=O) groups is 2. The van der Waals surface area contributed by atoms with Gasteiger partial charge >= 0.3 is 5.97 Å². The van der Waals surface area contributed by atoms with E-state index in [0.717, 1.165) is 25.7 Å². The summed E-state index contributed by atoms with van der Waals surface area (Å²) >= 11 is 0. The number of ether oxygens (including phenoxy) is 1. The molecule has 0 aromatic carbocycles. The summed E-state index contributed by atoms with van der Waals surface area (Å²) in [6.07, 6.45) is 1.99. The molecule has 6 nitrogen and oxygen atoms in total. The van der Waals surface area contributed by atoms with Crippen molar-refractivity contribution in [2.45, 2.75) is 98.4 Å². The van der Waals surface area contributed by atoms with Crippen LogP contribution in [-0.2, 0) is 14.3 Å². The number of carbonyl (C=O) groups excluding carboxylic acids is 2. The Balaban J connectivity index is 1.58. The topological polar surface area (TPSA) is 104 Å². The molecule has 194 valence electrons. The Morgan fingerprint density at radius 3 is 2.29 bits per heavy atom. The van der Waals surface area contributed by atoms with Gasteiger partial charge in [0.2, 0.25) is 0 Å². The Bertz CT molecular complexity index is 796. The minimum atomic E-state index is -0.945. The first-order valence-electron chi connectivity index (χ1n) is 13.6. The highest BCUT2D eigenvalue weighted by Gasteiger charge is 2.63. The molecule has 1 heterocycles. The molecular formula is C28H46O6. The lowest BCUT2D eigenvalue weighted by Crippen LogP contribution is -2.54. The summed E-state index contributed by atoms with van der Waals surface area (Å²) in [4.78, 5) is 26.0. The number of fused-ring (bicyclic) bond motifs is 5. The van der Waals surface area contributed by atoms with Crippen molar-refractivity contribution in [3.8, 4) is 0 Å². The van der Waals surface area contributed by atoms with E-state index in [1.54, 1.807) is 0 Å². The van der Waals surface area contributed by atoms with Crippen LogP contribution in [0.1, 0.15) is 80.1 Å². The lowest BCUT2D eigenvalue weighted by molar-refractivity contribution is -0.162. The molecule has 0 aromatic rings. The third-order valence-electron chi connectivity index (χ3n) is 11.3. The van der Waals surface area contributed by atoms with Crippen molar-refractivity contribution < 1.29 is 29.6 Å². The Labute approximate surface area is 204 Å². The zero-order chi connectivity index (χ0) is 25.2. The lowest BCUT2D eigenvalue weighted by atomic mass is 9.48. The first-order chi connectivity index (χ1) is 15.8. The first kappa shape index (κ1) is 26.1. The van der Waals surface area contributed by atoms with E-state index in [0.29, 0.717) is 18.9 Å². The first-order valence-corrected chi connectivity index (χ1v) is 13.6. The van der Waals surface area contributed by atoms with Crippen LogP contribution in [0.4, 0.5) is 0 Å². The van der Waals surface area contributed by atoms with Gasteiger partial charge in [-0.1, -0.05) is 41.5 Å². The second kappa shape index (κ2) is 9.15. The molecule has 0 unspecified atom stereocenters. The molecule has 1 saturated heterocycles. The van der Waals surface area contributed by atoms with E-state index in [1.165, 1.54) is 0 Å². The van der Waals surface area contributed by atoms with Crippen LogP contribution in [0.25, 0.3) is 0 Å². The highest BCUT2D eigenvalue weighted by molar-refractivity contribution is 5.85. The summed E-state index contributed by atoms with van der Waals surface area (Å²) in [6, 6.07) is 0. The average Bonchev–Trinajstić information content (AvgIpc) is 3.09. The Hall–Kier alpha value is -0.980. The quantitative estimate of drug-likeness (QED) is 0.522. The molecule has 1 aliphatic heterocycles. The van der Waals surface area contributed by atoms with Crippen molar-refractivity contribution in [1.29, 1.82) is 0 Å². The molecule has 0 bridgehead atoms. The second-order valence-electron chi connectivity index (χ2n) is 13.1. The van der Waals surface area contributed by atoms with Crippen LogP contribution in [0.2, 0.25) is 0 Å². The number of cyclic esters (lactones) is 1. The molecule has 12 atom stereocenters. The number of Topliss-reactive ketones (excluding diaryl/α,β-unsaturated/α-hetero) is 1. The summed E-state index contributed by atoms with van der Waals surface area (Å²) in [6.45, 7) is 12.9. The fraction of sp³-hybridized carbons (Fsp3) is 0.929. The van der Waals surface area contributed by atoms with Gasteiger partial charge in [0, 0.05) is 5.92 Å². The summed E-state index contributed by atoms with van der Waals surface area (Å²) in [5.74, 6) is 0.356. The van der Waals surface area contributed by atoms with Crippen LogP contribution in [0.15, 0.2) is 0 Å². The summed E-state index contributed by atoms with van der Waals surface area (Å²) in [5.41, 5.74) is -0.400. The van der Waals surface area contributed by atoms with E-state index >= 15 is 0 Å². The van der Waals surface area contributed by atoms with Crippen molar-refractivity contribution in [3.05, 3.63) is 0 Å². The van der Waals surface area contributed by atoms with Gasteiger partial charge in [0.15, 0.2) is 5.78 Å². The zero-order valence-electron chi connectivity index (χ0n) is 21.9. The standard InChI is InChI=1S/C28H46O6/c1-14(2)15(3)24(31)25(32)16(4)18-7-8-19-17-13-34-26(33)21-11-22(29)23(30)12-28(21,6)20(17)9-10-27(18,19)5/h14-23,25,29-30,32H,7-13H2,1-6H3/t15-,16-,17-,18+,19-,20-,21+,22-,23+,25+,27+,28+/m0/s1. The maximum absolute atomic E-state index is 13.0. The van der Waals surface area contributed by atoms with Crippen molar-refractivity contribution in [1.82, 2.24) is 0 Å². The minimum Gasteiger partial charge on any atom is -0.465 e. The normalized spacial score (nSPS) is 47.0. The minimum absolute atomic E-state index is 0.0156. The molecule has 3 saturated carbocycles. The summed E-state index contributed by atoms with van der Waals surface area (Å²) in [5, 5.41) is 31.9. The molecule has 34 heavy (non-hydrogen) atoms. The maximum Gasteiger partial charge on any atom is 0.309 e. The molecule has 3 N–H and O–H groups in total. The molecule has 6 heteroatoms. The Morgan fingerprint density at radius 2 is 1.65 bits per heavy atom. The fourth-order valence-electron chi connectivity index (χ4n) is 8.77. The predicted octanol–water partition coefficient (Wildman–Crippen LogP) is 3.60. The summed E-state index contributed by atoms with van der Waals surface area (Å²) < 4.78 is 5.85.